The molecule has 2 amide bonds. The average Bonchev–Trinajstić information content (AvgIpc) is 2.64. The summed E-state index contributed by atoms with van der Waals surface area (Å²) >= 11 is 12.0. The van der Waals surface area contributed by atoms with E-state index in [0.717, 1.165) is 12.1 Å². The SMILES string of the molecule is CCCN(CC(=O)Nc1cc(Cl)ccc1Cl)C(=O)c1cccc(N(C)C)c1. The van der Waals surface area contributed by atoms with E-state index in [1.54, 1.807) is 24.3 Å². The lowest BCUT2D eigenvalue weighted by Gasteiger charge is -2.22. The summed E-state index contributed by atoms with van der Waals surface area (Å²) in [6.07, 6.45) is 0.740. The lowest BCUT2D eigenvalue weighted by atomic mass is 10.1. The molecule has 27 heavy (non-hydrogen) atoms. The summed E-state index contributed by atoms with van der Waals surface area (Å²) in [6, 6.07) is 12.2. The fraction of sp³-hybridized carbons (Fsp3) is 0.300. The van der Waals surface area contributed by atoms with Crippen LogP contribution >= 0.6 is 23.2 Å². The van der Waals surface area contributed by atoms with E-state index in [9.17, 15) is 9.59 Å². The lowest BCUT2D eigenvalue weighted by Crippen LogP contribution is -2.38. The summed E-state index contributed by atoms with van der Waals surface area (Å²) in [6.45, 7) is 2.37. The highest BCUT2D eigenvalue weighted by Gasteiger charge is 2.19. The molecule has 0 unspecified atom stereocenters. The number of carbonyl (C=O) groups is 2. The minimum atomic E-state index is -0.329. The second-order valence-corrected chi connectivity index (χ2v) is 7.19. The Labute approximate surface area is 169 Å². The van der Waals surface area contributed by atoms with Crippen molar-refractivity contribution in [1.82, 2.24) is 4.90 Å². The molecule has 0 atom stereocenters. The Morgan fingerprint density at radius 3 is 2.48 bits per heavy atom. The van der Waals surface area contributed by atoms with Crippen LogP contribution in [0.2, 0.25) is 10.0 Å². The Morgan fingerprint density at radius 2 is 1.81 bits per heavy atom. The van der Waals surface area contributed by atoms with Crippen molar-refractivity contribution in [2.45, 2.75) is 13.3 Å². The number of carbonyl (C=O) groups excluding carboxylic acids is 2. The lowest BCUT2D eigenvalue weighted by molar-refractivity contribution is -0.116. The fourth-order valence-electron chi connectivity index (χ4n) is 2.58. The van der Waals surface area contributed by atoms with Crippen molar-refractivity contribution in [3.05, 3.63) is 58.1 Å². The van der Waals surface area contributed by atoms with Crippen LogP contribution in [0.1, 0.15) is 23.7 Å². The molecule has 0 aliphatic carbocycles. The first kappa shape index (κ1) is 21.1. The maximum Gasteiger partial charge on any atom is 0.254 e. The molecule has 0 fully saturated rings. The average molecular weight is 408 g/mol. The van der Waals surface area contributed by atoms with Crippen LogP contribution in [0.5, 0.6) is 0 Å². The van der Waals surface area contributed by atoms with Gasteiger partial charge >= 0.3 is 0 Å². The largest absolute Gasteiger partial charge is 0.378 e. The number of benzene rings is 2. The predicted molar refractivity (Wildman–Crippen MR) is 112 cm³/mol. The molecule has 0 aliphatic heterocycles. The zero-order valence-corrected chi connectivity index (χ0v) is 17.1. The van der Waals surface area contributed by atoms with Gasteiger partial charge in [0.2, 0.25) is 5.91 Å². The topological polar surface area (TPSA) is 52.7 Å². The summed E-state index contributed by atoms with van der Waals surface area (Å²) in [5.41, 5.74) is 1.89. The Balaban J connectivity index is 2.14. The van der Waals surface area contributed by atoms with E-state index in [1.165, 1.54) is 4.90 Å². The van der Waals surface area contributed by atoms with Crippen molar-refractivity contribution in [2.75, 3.05) is 37.4 Å². The van der Waals surface area contributed by atoms with E-state index in [4.69, 9.17) is 23.2 Å². The molecule has 0 spiro atoms. The fourth-order valence-corrected chi connectivity index (χ4v) is 2.92. The van der Waals surface area contributed by atoms with Gasteiger partial charge in [-0.25, -0.2) is 0 Å². The molecular weight excluding hydrogens is 385 g/mol. The minimum Gasteiger partial charge on any atom is -0.378 e. The Hall–Kier alpha value is -2.24. The molecule has 144 valence electrons. The summed E-state index contributed by atoms with van der Waals surface area (Å²) in [5.74, 6) is -0.516. The Kier molecular flexibility index (Phi) is 7.51. The first-order chi connectivity index (χ1) is 12.8. The Bertz CT molecular complexity index is 825. The first-order valence-electron chi connectivity index (χ1n) is 8.63. The van der Waals surface area contributed by atoms with Gasteiger partial charge in [-0.3, -0.25) is 9.59 Å². The molecule has 0 saturated carbocycles. The molecular formula is C20H23Cl2N3O2. The van der Waals surface area contributed by atoms with Crippen LogP contribution in [0.4, 0.5) is 11.4 Å². The normalized spacial score (nSPS) is 10.4. The van der Waals surface area contributed by atoms with Gasteiger partial charge < -0.3 is 15.1 Å². The second kappa shape index (κ2) is 9.62. The van der Waals surface area contributed by atoms with Crippen LogP contribution in [0.25, 0.3) is 0 Å². The quantitative estimate of drug-likeness (QED) is 0.732. The highest BCUT2D eigenvalue weighted by Crippen LogP contribution is 2.25. The van der Waals surface area contributed by atoms with Gasteiger partial charge in [0, 0.05) is 36.9 Å². The Morgan fingerprint density at radius 1 is 1.07 bits per heavy atom. The van der Waals surface area contributed by atoms with Gasteiger partial charge in [-0.1, -0.05) is 36.2 Å². The third-order valence-corrected chi connectivity index (χ3v) is 4.49. The molecule has 1 N–H and O–H groups in total. The third-order valence-electron chi connectivity index (χ3n) is 3.93. The summed E-state index contributed by atoms with van der Waals surface area (Å²) in [5, 5.41) is 3.58. The number of halogens is 2. The zero-order valence-electron chi connectivity index (χ0n) is 15.6. The highest BCUT2D eigenvalue weighted by molar-refractivity contribution is 6.35. The number of anilines is 2. The smallest absolute Gasteiger partial charge is 0.254 e. The summed E-state index contributed by atoms with van der Waals surface area (Å²) in [7, 11) is 3.82. The molecule has 5 nitrogen and oxygen atoms in total. The van der Waals surface area contributed by atoms with Crippen molar-refractivity contribution < 1.29 is 9.59 Å². The van der Waals surface area contributed by atoms with Crippen LogP contribution in [0.15, 0.2) is 42.5 Å². The zero-order chi connectivity index (χ0) is 20.0. The van der Waals surface area contributed by atoms with Gasteiger partial charge in [-0.15, -0.1) is 0 Å². The van der Waals surface area contributed by atoms with Crippen LogP contribution in [-0.2, 0) is 4.79 Å². The summed E-state index contributed by atoms with van der Waals surface area (Å²) in [4.78, 5) is 28.8. The van der Waals surface area contributed by atoms with Crippen molar-refractivity contribution >= 4 is 46.4 Å². The first-order valence-corrected chi connectivity index (χ1v) is 9.39. The maximum absolute atomic E-state index is 12.9. The van der Waals surface area contributed by atoms with Crippen LogP contribution < -0.4 is 10.2 Å². The minimum absolute atomic E-state index is 0.0678. The van der Waals surface area contributed by atoms with E-state index in [2.05, 4.69) is 5.32 Å². The van der Waals surface area contributed by atoms with Gasteiger partial charge in [0.25, 0.3) is 5.91 Å². The molecule has 0 radical (unpaired) electrons. The van der Waals surface area contributed by atoms with E-state index in [-0.39, 0.29) is 18.4 Å². The van der Waals surface area contributed by atoms with E-state index in [0.29, 0.717) is 27.8 Å². The highest BCUT2D eigenvalue weighted by atomic mass is 35.5. The number of rotatable bonds is 7. The molecule has 0 aromatic heterocycles. The number of hydrogen-bond acceptors (Lipinski definition) is 3. The van der Waals surface area contributed by atoms with E-state index >= 15 is 0 Å². The molecule has 2 aromatic rings. The van der Waals surface area contributed by atoms with Gasteiger partial charge in [0.05, 0.1) is 10.7 Å². The molecule has 2 rings (SSSR count). The molecule has 0 heterocycles. The monoisotopic (exact) mass is 407 g/mol. The van der Waals surface area contributed by atoms with Crippen LogP contribution in [-0.4, -0.2) is 43.9 Å². The van der Waals surface area contributed by atoms with E-state index < -0.39 is 0 Å². The molecule has 0 bridgehead atoms. The van der Waals surface area contributed by atoms with E-state index in [1.807, 2.05) is 44.1 Å². The molecule has 7 heteroatoms. The number of nitrogens with zero attached hydrogens (tertiary/aromatic N) is 2. The van der Waals surface area contributed by atoms with Crippen LogP contribution in [0.3, 0.4) is 0 Å². The standard InChI is InChI=1S/C20H23Cl2N3O2/c1-4-10-25(20(27)14-6-5-7-16(11-14)24(2)3)13-19(26)23-18-12-15(21)8-9-17(18)22/h5-9,11-12H,4,10,13H2,1-3H3,(H,23,26). The molecule has 0 saturated heterocycles. The van der Waals surface area contributed by atoms with Gasteiger partial charge in [-0.05, 0) is 42.8 Å². The number of nitrogens with one attached hydrogen (secondary N) is 1. The van der Waals surface area contributed by atoms with Crippen molar-refractivity contribution in [2.24, 2.45) is 0 Å². The van der Waals surface area contributed by atoms with Gasteiger partial charge in [0.1, 0.15) is 6.54 Å². The van der Waals surface area contributed by atoms with Gasteiger partial charge in [0.15, 0.2) is 0 Å². The molecule has 2 aromatic carbocycles. The third kappa shape index (κ3) is 5.88. The van der Waals surface area contributed by atoms with Crippen molar-refractivity contribution in [1.29, 1.82) is 0 Å². The van der Waals surface area contributed by atoms with Crippen LogP contribution in [0, 0.1) is 0 Å². The van der Waals surface area contributed by atoms with Crippen molar-refractivity contribution in [3.63, 3.8) is 0 Å². The number of amides is 2. The van der Waals surface area contributed by atoms with Gasteiger partial charge in [-0.2, -0.15) is 0 Å². The van der Waals surface area contributed by atoms with Crippen molar-refractivity contribution in [3.8, 4) is 0 Å². The predicted octanol–water partition coefficient (Wildman–Crippen LogP) is 4.55. The summed E-state index contributed by atoms with van der Waals surface area (Å²) < 4.78 is 0. The molecule has 0 aliphatic rings. The maximum atomic E-state index is 12.9. The second-order valence-electron chi connectivity index (χ2n) is 6.34. The number of hydrogen-bond donors (Lipinski definition) is 1.